The molecule has 0 amide bonds. The zero-order valence-corrected chi connectivity index (χ0v) is 12.2. The summed E-state index contributed by atoms with van der Waals surface area (Å²) < 4.78 is 5.25. The van der Waals surface area contributed by atoms with E-state index in [4.69, 9.17) is 4.42 Å². The summed E-state index contributed by atoms with van der Waals surface area (Å²) in [6.45, 7) is 4.48. The van der Waals surface area contributed by atoms with Crippen LogP contribution in [0, 0.1) is 18.3 Å². The van der Waals surface area contributed by atoms with Crippen LogP contribution in [0.5, 0.6) is 0 Å². The van der Waals surface area contributed by atoms with E-state index in [9.17, 15) is 5.26 Å². The highest BCUT2D eigenvalue weighted by Crippen LogP contribution is 2.35. The Hall–Kier alpha value is -2.12. The molecule has 1 fully saturated rings. The topological polar surface area (TPSA) is 53.1 Å². The van der Waals surface area contributed by atoms with Gasteiger partial charge in [0.05, 0.1) is 17.2 Å². The van der Waals surface area contributed by atoms with Crippen molar-refractivity contribution in [3.8, 4) is 6.07 Å². The van der Waals surface area contributed by atoms with Crippen molar-refractivity contribution in [1.82, 2.24) is 9.88 Å². The normalized spacial score (nSPS) is 18.3. The third kappa shape index (κ3) is 2.84. The molecule has 1 aliphatic rings. The molecule has 2 aromatic rings. The quantitative estimate of drug-likeness (QED) is 0.867. The number of benzene rings is 1. The van der Waals surface area contributed by atoms with E-state index in [-0.39, 0.29) is 5.41 Å². The molecule has 0 atom stereocenters. The molecule has 0 N–H and O–H groups in total. The van der Waals surface area contributed by atoms with E-state index >= 15 is 0 Å². The van der Waals surface area contributed by atoms with Crippen molar-refractivity contribution in [2.45, 2.75) is 31.7 Å². The molecule has 1 aromatic heterocycles. The first kappa shape index (κ1) is 13.8. The smallest absolute Gasteiger partial charge is 0.191 e. The maximum Gasteiger partial charge on any atom is 0.191 e. The van der Waals surface area contributed by atoms with E-state index in [0.29, 0.717) is 5.89 Å². The molecule has 2 heterocycles. The van der Waals surface area contributed by atoms with Crippen molar-refractivity contribution in [3.05, 3.63) is 53.7 Å². The number of piperidine rings is 1. The molecular formula is C17H19N3O. The van der Waals surface area contributed by atoms with Gasteiger partial charge in [-0.1, -0.05) is 30.3 Å². The molecule has 0 unspecified atom stereocenters. The standard InChI is InChI=1S/C17H19N3O/c1-14-19-16(12-21-14)11-20-9-7-17(13-18,8-10-20)15-5-3-2-4-6-15/h2-6,12H,7-11H2,1H3. The lowest BCUT2D eigenvalue weighted by Gasteiger charge is -2.37. The van der Waals surface area contributed by atoms with Crippen LogP contribution >= 0.6 is 0 Å². The number of hydrogen-bond acceptors (Lipinski definition) is 4. The SMILES string of the molecule is Cc1nc(CN2CCC(C#N)(c3ccccc3)CC2)co1. The largest absolute Gasteiger partial charge is 0.449 e. The predicted molar refractivity (Wildman–Crippen MR) is 79.5 cm³/mol. The molecule has 3 rings (SSSR count). The Labute approximate surface area is 125 Å². The van der Waals surface area contributed by atoms with Crippen LogP contribution in [-0.4, -0.2) is 23.0 Å². The number of oxazole rings is 1. The molecule has 1 saturated heterocycles. The first-order chi connectivity index (χ1) is 10.2. The van der Waals surface area contributed by atoms with Gasteiger partial charge in [0.2, 0.25) is 0 Å². The van der Waals surface area contributed by atoms with Gasteiger partial charge in [-0.2, -0.15) is 5.26 Å². The number of nitrogens with zero attached hydrogens (tertiary/aromatic N) is 3. The van der Waals surface area contributed by atoms with Gasteiger partial charge in [0.15, 0.2) is 5.89 Å². The van der Waals surface area contributed by atoms with E-state index in [2.05, 4.69) is 28.1 Å². The highest BCUT2D eigenvalue weighted by molar-refractivity contribution is 5.33. The molecule has 4 nitrogen and oxygen atoms in total. The fourth-order valence-corrected chi connectivity index (χ4v) is 3.03. The van der Waals surface area contributed by atoms with Crippen molar-refractivity contribution in [3.63, 3.8) is 0 Å². The summed E-state index contributed by atoms with van der Waals surface area (Å²) in [6.07, 6.45) is 3.45. The lowest BCUT2D eigenvalue weighted by Crippen LogP contribution is -2.41. The highest BCUT2D eigenvalue weighted by Gasteiger charge is 2.36. The minimum atomic E-state index is -0.336. The lowest BCUT2D eigenvalue weighted by molar-refractivity contribution is 0.177. The average Bonchev–Trinajstić information content (AvgIpc) is 2.94. The maximum atomic E-state index is 9.68. The molecule has 0 radical (unpaired) electrons. The second-order valence-corrected chi connectivity index (χ2v) is 5.69. The zero-order chi connectivity index (χ0) is 14.7. The van der Waals surface area contributed by atoms with E-state index < -0.39 is 0 Å². The minimum absolute atomic E-state index is 0.336. The molecule has 0 aliphatic carbocycles. The van der Waals surface area contributed by atoms with Crippen LogP contribution in [0.2, 0.25) is 0 Å². The van der Waals surface area contributed by atoms with Gasteiger partial charge >= 0.3 is 0 Å². The zero-order valence-electron chi connectivity index (χ0n) is 12.2. The summed E-state index contributed by atoms with van der Waals surface area (Å²) in [7, 11) is 0. The molecular weight excluding hydrogens is 262 g/mol. The van der Waals surface area contributed by atoms with Crippen molar-refractivity contribution in [2.75, 3.05) is 13.1 Å². The van der Waals surface area contributed by atoms with Crippen molar-refractivity contribution in [2.24, 2.45) is 0 Å². The molecule has 0 saturated carbocycles. The van der Waals surface area contributed by atoms with Crippen molar-refractivity contribution < 1.29 is 4.42 Å². The van der Waals surface area contributed by atoms with Crippen LogP contribution < -0.4 is 0 Å². The average molecular weight is 281 g/mol. The van der Waals surface area contributed by atoms with Crippen molar-refractivity contribution >= 4 is 0 Å². The summed E-state index contributed by atoms with van der Waals surface area (Å²) >= 11 is 0. The second-order valence-electron chi connectivity index (χ2n) is 5.69. The van der Waals surface area contributed by atoms with Gasteiger partial charge in [0.1, 0.15) is 6.26 Å². The Morgan fingerprint density at radius 3 is 2.57 bits per heavy atom. The summed E-state index contributed by atoms with van der Waals surface area (Å²) in [4.78, 5) is 6.69. The van der Waals surface area contributed by atoms with Gasteiger partial charge in [-0.05, 0) is 18.4 Å². The highest BCUT2D eigenvalue weighted by atomic mass is 16.3. The maximum absolute atomic E-state index is 9.68. The van der Waals surface area contributed by atoms with E-state index in [1.165, 1.54) is 0 Å². The molecule has 4 heteroatoms. The molecule has 108 valence electrons. The van der Waals surface area contributed by atoms with Crippen LogP contribution in [0.1, 0.15) is 30.0 Å². The third-order valence-electron chi connectivity index (χ3n) is 4.30. The molecule has 21 heavy (non-hydrogen) atoms. The number of aromatic nitrogens is 1. The van der Waals surface area contributed by atoms with Crippen molar-refractivity contribution in [1.29, 1.82) is 5.26 Å². The predicted octanol–water partition coefficient (Wildman–Crippen LogP) is 3.04. The Morgan fingerprint density at radius 2 is 2.00 bits per heavy atom. The third-order valence-corrected chi connectivity index (χ3v) is 4.30. The van der Waals surface area contributed by atoms with Gasteiger partial charge in [0.25, 0.3) is 0 Å². The van der Waals surface area contributed by atoms with Gasteiger partial charge in [-0.15, -0.1) is 0 Å². The molecule has 0 spiro atoms. The van der Waals surface area contributed by atoms with Crippen LogP contribution in [0.4, 0.5) is 0 Å². The summed E-state index contributed by atoms with van der Waals surface area (Å²) in [5, 5.41) is 9.68. The number of nitriles is 1. The van der Waals surface area contributed by atoms with Gasteiger partial charge in [0, 0.05) is 26.6 Å². The number of aryl methyl sites for hydroxylation is 1. The first-order valence-corrected chi connectivity index (χ1v) is 7.32. The fourth-order valence-electron chi connectivity index (χ4n) is 3.03. The number of rotatable bonds is 3. The van der Waals surface area contributed by atoms with E-state index in [1.54, 1.807) is 6.26 Å². The Balaban J connectivity index is 1.68. The van der Waals surface area contributed by atoms with Gasteiger partial charge in [-0.25, -0.2) is 4.98 Å². The van der Waals surface area contributed by atoms with Crippen LogP contribution in [0.25, 0.3) is 0 Å². The van der Waals surface area contributed by atoms with Crippen LogP contribution in [0.15, 0.2) is 41.0 Å². The number of likely N-dealkylation sites (tertiary alicyclic amines) is 1. The van der Waals surface area contributed by atoms with E-state index in [0.717, 1.165) is 43.7 Å². The van der Waals surface area contributed by atoms with Gasteiger partial charge in [-0.3, -0.25) is 4.90 Å². The summed E-state index contributed by atoms with van der Waals surface area (Å²) in [5.41, 5.74) is 1.78. The molecule has 0 bridgehead atoms. The Kier molecular flexibility index (Phi) is 3.76. The van der Waals surface area contributed by atoms with E-state index in [1.807, 2.05) is 25.1 Å². The summed E-state index contributed by atoms with van der Waals surface area (Å²) in [6, 6.07) is 12.7. The Bertz CT molecular complexity index is 634. The van der Waals surface area contributed by atoms with Crippen LogP contribution in [0.3, 0.4) is 0 Å². The molecule has 1 aliphatic heterocycles. The monoisotopic (exact) mass is 281 g/mol. The fraction of sp³-hybridized carbons (Fsp3) is 0.412. The summed E-state index contributed by atoms with van der Waals surface area (Å²) in [5.74, 6) is 0.706. The second kappa shape index (κ2) is 5.71. The van der Waals surface area contributed by atoms with Crippen LogP contribution in [-0.2, 0) is 12.0 Å². The number of hydrogen-bond donors (Lipinski definition) is 0. The minimum Gasteiger partial charge on any atom is -0.449 e. The first-order valence-electron chi connectivity index (χ1n) is 7.32. The Morgan fingerprint density at radius 1 is 1.29 bits per heavy atom. The van der Waals surface area contributed by atoms with Gasteiger partial charge < -0.3 is 4.42 Å². The lowest BCUT2D eigenvalue weighted by atomic mass is 9.74. The molecule has 1 aromatic carbocycles.